The number of anilines is 1. The molecular formula is C12H18N2O3. The number of aromatic nitrogens is 1. The first kappa shape index (κ1) is 13.4. The average Bonchev–Trinajstić information content (AvgIpc) is 2.37. The third-order valence-corrected chi connectivity index (χ3v) is 2.37. The molecule has 1 aromatic heterocycles. The number of nitrogens with zero attached hydrogens (tertiary/aromatic N) is 2. The van der Waals surface area contributed by atoms with Crippen molar-refractivity contribution in [3.05, 3.63) is 24.0 Å². The van der Waals surface area contributed by atoms with E-state index in [4.69, 9.17) is 5.11 Å². The maximum absolute atomic E-state index is 11.4. The van der Waals surface area contributed by atoms with Crippen LogP contribution in [0.4, 0.5) is 5.69 Å². The molecular weight excluding hydrogens is 220 g/mol. The van der Waals surface area contributed by atoms with E-state index in [1.807, 2.05) is 11.0 Å². The second-order valence-electron chi connectivity index (χ2n) is 3.60. The van der Waals surface area contributed by atoms with Crippen LogP contribution in [0.25, 0.3) is 0 Å². The third kappa shape index (κ3) is 3.71. The van der Waals surface area contributed by atoms with Crippen LogP contribution in [0, 0.1) is 0 Å². The molecule has 1 aromatic rings. The fourth-order valence-electron chi connectivity index (χ4n) is 1.59. The lowest BCUT2D eigenvalue weighted by atomic mass is 10.2. The number of carbonyl (C=O) groups is 1. The van der Waals surface area contributed by atoms with Gasteiger partial charge >= 0.3 is 5.97 Å². The van der Waals surface area contributed by atoms with Gasteiger partial charge in [0.05, 0.1) is 13.7 Å². The van der Waals surface area contributed by atoms with Crippen LogP contribution in [0.15, 0.2) is 18.3 Å². The number of aliphatic hydroxyl groups excluding tert-OH is 1. The minimum atomic E-state index is -0.452. The Balaban J connectivity index is 2.91. The normalized spacial score (nSPS) is 10.1. The molecule has 0 radical (unpaired) electrons. The van der Waals surface area contributed by atoms with E-state index in [2.05, 4.69) is 16.6 Å². The van der Waals surface area contributed by atoms with Gasteiger partial charge in [0.15, 0.2) is 0 Å². The largest absolute Gasteiger partial charge is 0.464 e. The van der Waals surface area contributed by atoms with Crippen LogP contribution in [0.5, 0.6) is 0 Å². The topological polar surface area (TPSA) is 62.7 Å². The van der Waals surface area contributed by atoms with E-state index in [9.17, 15) is 4.79 Å². The van der Waals surface area contributed by atoms with Crippen molar-refractivity contribution in [3.63, 3.8) is 0 Å². The summed E-state index contributed by atoms with van der Waals surface area (Å²) in [5.74, 6) is -0.452. The molecule has 5 heteroatoms. The molecule has 5 nitrogen and oxygen atoms in total. The lowest BCUT2D eigenvalue weighted by Crippen LogP contribution is -2.27. The van der Waals surface area contributed by atoms with Crippen LogP contribution in [-0.2, 0) is 4.74 Å². The summed E-state index contributed by atoms with van der Waals surface area (Å²) in [5, 5.41) is 9.00. The van der Waals surface area contributed by atoms with Crippen LogP contribution < -0.4 is 4.90 Å². The highest BCUT2D eigenvalue weighted by atomic mass is 16.5. The number of ether oxygens (including phenoxy) is 1. The van der Waals surface area contributed by atoms with Crippen LogP contribution in [-0.4, -0.2) is 42.9 Å². The summed E-state index contributed by atoms with van der Waals surface area (Å²) < 4.78 is 4.62. The molecule has 0 saturated carbocycles. The van der Waals surface area contributed by atoms with Gasteiger partial charge in [-0.2, -0.15) is 0 Å². The van der Waals surface area contributed by atoms with Gasteiger partial charge < -0.3 is 14.7 Å². The maximum atomic E-state index is 11.4. The van der Waals surface area contributed by atoms with Crippen molar-refractivity contribution in [2.75, 3.05) is 31.7 Å². The van der Waals surface area contributed by atoms with Crippen molar-refractivity contribution in [2.24, 2.45) is 0 Å². The Morgan fingerprint density at radius 2 is 2.29 bits per heavy atom. The molecule has 1 N–H and O–H groups in total. The van der Waals surface area contributed by atoms with Crippen LogP contribution in [0.2, 0.25) is 0 Å². The molecule has 0 fully saturated rings. The average molecular weight is 238 g/mol. The standard InChI is InChI=1S/C12H18N2O3/c1-3-6-14(7-8-15)10-4-5-13-11(9-10)12(16)17-2/h4-5,9,15H,3,6-8H2,1-2H3. The number of rotatable bonds is 6. The highest BCUT2D eigenvalue weighted by Gasteiger charge is 2.10. The van der Waals surface area contributed by atoms with Crippen LogP contribution >= 0.6 is 0 Å². The van der Waals surface area contributed by atoms with Gasteiger partial charge in [0.1, 0.15) is 5.69 Å². The van der Waals surface area contributed by atoms with Gasteiger partial charge in [-0.3, -0.25) is 0 Å². The molecule has 0 spiro atoms. The van der Waals surface area contributed by atoms with E-state index in [-0.39, 0.29) is 12.3 Å². The summed E-state index contributed by atoms with van der Waals surface area (Å²) in [7, 11) is 1.33. The Morgan fingerprint density at radius 3 is 2.88 bits per heavy atom. The Hall–Kier alpha value is -1.62. The molecule has 1 rings (SSSR count). The SMILES string of the molecule is CCCN(CCO)c1ccnc(C(=O)OC)c1. The third-order valence-electron chi connectivity index (χ3n) is 2.37. The number of hydrogen-bond donors (Lipinski definition) is 1. The van der Waals surface area contributed by atoms with Gasteiger partial charge in [0.2, 0.25) is 0 Å². The van der Waals surface area contributed by atoms with E-state index in [0.29, 0.717) is 6.54 Å². The second kappa shape index (κ2) is 6.85. The van der Waals surface area contributed by atoms with Crippen LogP contribution in [0.1, 0.15) is 23.8 Å². The smallest absolute Gasteiger partial charge is 0.356 e. The zero-order valence-electron chi connectivity index (χ0n) is 10.2. The van der Waals surface area contributed by atoms with E-state index in [0.717, 1.165) is 18.7 Å². The molecule has 0 aliphatic heterocycles. The first-order valence-corrected chi connectivity index (χ1v) is 5.63. The number of carbonyl (C=O) groups excluding carboxylic acids is 1. The summed E-state index contributed by atoms with van der Waals surface area (Å²) in [6, 6.07) is 3.49. The molecule has 0 aliphatic carbocycles. The first-order valence-electron chi connectivity index (χ1n) is 5.63. The van der Waals surface area contributed by atoms with Crippen molar-refractivity contribution in [1.82, 2.24) is 4.98 Å². The summed E-state index contributed by atoms with van der Waals surface area (Å²) in [4.78, 5) is 17.3. The Bertz CT molecular complexity index is 363. The number of aliphatic hydroxyl groups is 1. The summed E-state index contributed by atoms with van der Waals surface area (Å²) >= 11 is 0. The van der Waals surface area contributed by atoms with Gasteiger partial charge in [-0.25, -0.2) is 9.78 Å². The van der Waals surface area contributed by atoms with Crippen molar-refractivity contribution in [3.8, 4) is 0 Å². The minimum absolute atomic E-state index is 0.0792. The summed E-state index contributed by atoms with van der Waals surface area (Å²) in [6.07, 6.45) is 2.54. The molecule has 0 atom stereocenters. The maximum Gasteiger partial charge on any atom is 0.356 e. The predicted octanol–water partition coefficient (Wildman–Crippen LogP) is 1.08. The predicted molar refractivity (Wildman–Crippen MR) is 65.2 cm³/mol. The Kier molecular flexibility index (Phi) is 5.42. The number of pyridine rings is 1. The Labute approximate surface area is 101 Å². The fraction of sp³-hybridized carbons (Fsp3) is 0.500. The molecule has 1 heterocycles. The molecule has 0 aromatic carbocycles. The summed E-state index contributed by atoms with van der Waals surface area (Å²) in [6.45, 7) is 3.51. The van der Waals surface area contributed by atoms with E-state index in [1.165, 1.54) is 7.11 Å². The van der Waals surface area contributed by atoms with Crippen LogP contribution in [0.3, 0.4) is 0 Å². The van der Waals surface area contributed by atoms with E-state index >= 15 is 0 Å². The van der Waals surface area contributed by atoms with E-state index in [1.54, 1.807) is 12.3 Å². The van der Waals surface area contributed by atoms with Crippen molar-refractivity contribution in [1.29, 1.82) is 0 Å². The quantitative estimate of drug-likeness (QED) is 0.751. The summed E-state index contributed by atoms with van der Waals surface area (Å²) in [5.41, 5.74) is 1.15. The zero-order chi connectivity index (χ0) is 12.7. The fourth-order valence-corrected chi connectivity index (χ4v) is 1.59. The van der Waals surface area contributed by atoms with Gasteiger partial charge in [-0.1, -0.05) is 6.92 Å². The van der Waals surface area contributed by atoms with Gasteiger partial charge in [0.25, 0.3) is 0 Å². The number of methoxy groups -OCH3 is 1. The van der Waals surface area contributed by atoms with Crippen molar-refractivity contribution < 1.29 is 14.6 Å². The van der Waals surface area contributed by atoms with Crippen molar-refractivity contribution >= 4 is 11.7 Å². The molecule has 0 saturated heterocycles. The van der Waals surface area contributed by atoms with E-state index < -0.39 is 5.97 Å². The zero-order valence-corrected chi connectivity index (χ0v) is 10.2. The van der Waals surface area contributed by atoms with Gasteiger partial charge in [-0.05, 0) is 18.6 Å². The highest BCUT2D eigenvalue weighted by molar-refractivity contribution is 5.88. The molecule has 0 amide bonds. The number of esters is 1. The highest BCUT2D eigenvalue weighted by Crippen LogP contribution is 2.15. The Morgan fingerprint density at radius 1 is 1.53 bits per heavy atom. The first-order chi connectivity index (χ1) is 8.22. The van der Waals surface area contributed by atoms with Gasteiger partial charge in [0, 0.05) is 25.0 Å². The lowest BCUT2D eigenvalue weighted by molar-refractivity contribution is 0.0594. The molecule has 0 unspecified atom stereocenters. The molecule has 0 bridgehead atoms. The molecule has 17 heavy (non-hydrogen) atoms. The molecule has 94 valence electrons. The number of hydrogen-bond acceptors (Lipinski definition) is 5. The lowest BCUT2D eigenvalue weighted by Gasteiger charge is -2.23. The molecule has 0 aliphatic rings. The monoisotopic (exact) mass is 238 g/mol. The van der Waals surface area contributed by atoms with Crippen molar-refractivity contribution in [2.45, 2.75) is 13.3 Å². The van der Waals surface area contributed by atoms with Gasteiger partial charge in [-0.15, -0.1) is 0 Å². The second-order valence-corrected chi connectivity index (χ2v) is 3.60. The minimum Gasteiger partial charge on any atom is -0.464 e.